The third-order valence-corrected chi connectivity index (χ3v) is 4.21. The van der Waals surface area contributed by atoms with Gasteiger partial charge >= 0.3 is 6.61 Å². The van der Waals surface area contributed by atoms with Gasteiger partial charge < -0.3 is 9.47 Å². The van der Waals surface area contributed by atoms with Crippen LogP contribution in [0, 0.1) is 0 Å². The Morgan fingerprint density at radius 2 is 1.93 bits per heavy atom. The second-order valence-electron chi connectivity index (χ2n) is 6.06. The van der Waals surface area contributed by atoms with Gasteiger partial charge in [-0.2, -0.15) is 23.7 Å². The first kappa shape index (κ1) is 19.2. The number of hydrogen-bond donors (Lipinski definition) is 0. The molecule has 0 N–H and O–H groups in total. The number of rotatable bonds is 6. The van der Waals surface area contributed by atoms with Crippen LogP contribution in [-0.4, -0.2) is 39.4 Å². The zero-order chi connectivity index (χ0) is 21.1. The Hall–Kier alpha value is -4.08. The predicted molar refractivity (Wildman–Crippen MR) is 106 cm³/mol. The van der Waals surface area contributed by atoms with Crippen molar-refractivity contribution >= 4 is 17.2 Å². The highest BCUT2D eigenvalue weighted by molar-refractivity contribution is 5.81. The van der Waals surface area contributed by atoms with Crippen molar-refractivity contribution in [2.24, 2.45) is 5.10 Å². The predicted octanol–water partition coefficient (Wildman–Crippen LogP) is 3.07. The fraction of sp³-hybridized carbons (Fsp3) is 0.100. The van der Waals surface area contributed by atoms with E-state index >= 15 is 0 Å². The quantitative estimate of drug-likeness (QED) is 0.456. The van der Waals surface area contributed by atoms with Gasteiger partial charge in [-0.15, -0.1) is 0 Å². The Balaban J connectivity index is 1.65. The van der Waals surface area contributed by atoms with Crippen molar-refractivity contribution in [3.63, 3.8) is 0 Å². The van der Waals surface area contributed by atoms with Crippen molar-refractivity contribution in [1.29, 1.82) is 0 Å². The molecule has 2 aromatic heterocycles. The first-order valence-corrected chi connectivity index (χ1v) is 8.75. The molecule has 2 heterocycles. The molecule has 0 amide bonds. The van der Waals surface area contributed by atoms with E-state index in [1.165, 1.54) is 44.0 Å². The first-order valence-electron chi connectivity index (χ1n) is 8.75. The average molecular weight is 411 g/mol. The smallest absolute Gasteiger partial charge is 0.387 e. The second-order valence-corrected chi connectivity index (χ2v) is 6.06. The maximum Gasteiger partial charge on any atom is 0.387 e. The van der Waals surface area contributed by atoms with E-state index in [-0.39, 0.29) is 11.5 Å². The highest BCUT2D eigenvalue weighted by Gasteiger charge is 2.12. The third-order valence-electron chi connectivity index (χ3n) is 4.21. The lowest BCUT2D eigenvalue weighted by Gasteiger charge is -2.10. The molecule has 4 aromatic rings. The highest BCUT2D eigenvalue weighted by atomic mass is 19.3. The average Bonchev–Trinajstić information content (AvgIpc) is 3.19. The van der Waals surface area contributed by atoms with Gasteiger partial charge in [-0.3, -0.25) is 4.79 Å². The number of alkyl halides is 2. The fourth-order valence-corrected chi connectivity index (χ4v) is 2.83. The van der Waals surface area contributed by atoms with Gasteiger partial charge in [-0.05, 0) is 35.9 Å². The van der Waals surface area contributed by atoms with E-state index in [9.17, 15) is 13.6 Å². The molecule has 8 nitrogen and oxygen atoms in total. The van der Waals surface area contributed by atoms with Gasteiger partial charge in [0.05, 0.1) is 25.2 Å². The number of ether oxygens (including phenoxy) is 2. The molecule has 0 radical (unpaired) electrons. The van der Waals surface area contributed by atoms with E-state index in [1.807, 2.05) is 30.3 Å². The molecule has 2 aromatic carbocycles. The van der Waals surface area contributed by atoms with Gasteiger partial charge in [0.2, 0.25) is 0 Å². The Morgan fingerprint density at radius 3 is 2.67 bits per heavy atom. The summed E-state index contributed by atoms with van der Waals surface area (Å²) in [6, 6.07) is 13.6. The molecule has 0 bridgehead atoms. The van der Waals surface area contributed by atoms with Gasteiger partial charge in [0, 0.05) is 0 Å². The van der Waals surface area contributed by atoms with Crippen LogP contribution < -0.4 is 15.0 Å². The van der Waals surface area contributed by atoms with Crippen molar-refractivity contribution in [1.82, 2.24) is 19.4 Å². The molecule has 30 heavy (non-hydrogen) atoms. The van der Waals surface area contributed by atoms with Crippen molar-refractivity contribution < 1.29 is 18.3 Å². The third kappa shape index (κ3) is 3.75. The Kier molecular flexibility index (Phi) is 5.21. The topological polar surface area (TPSA) is 83.5 Å². The van der Waals surface area contributed by atoms with Gasteiger partial charge in [0.15, 0.2) is 17.1 Å². The van der Waals surface area contributed by atoms with Gasteiger partial charge in [0.1, 0.15) is 11.7 Å². The molecule has 0 saturated carbocycles. The molecule has 0 fully saturated rings. The number of nitrogens with zero attached hydrogens (tertiary/aromatic N) is 5. The number of halogens is 2. The second kappa shape index (κ2) is 8.11. The van der Waals surface area contributed by atoms with E-state index in [0.29, 0.717) is 16.6 Å². The molecule has 4 rings (SSSR count). The summed E-state index contributed by atoms with van der Waals surface area (Å²) in [5, 5.41) is 8.65. The summed E-state index contributed by atoms with van der Waals surface area (Å²) < 4.78 is 36.9. The van der Waals surface area contributed by atoms with E-state index in [0.717, 1.165) is 10.4 Å². The number of para-hydroxylation sites is 1. The number of aromatic nitrogens is 4. The van der Waals surface area contributed by atoms with Gasteiger partial charge in [-0.25, -0.2) is 9.67 Å². The summed E-state index contributed by atoms with van der Waals surface area (Å²) in [6.07, 6.45) is 4.10. The number of benzene rings is 2. The summed E-state index contributed by atoms with van der Waals surface area (Å²) in [5.41, 5.74) is 1.30. The number of methoxy groups -OCH3 is 1. The molecule has 0 atom stereocenters. The van der Waals surface area contributed by atoms with Gasteiger partial charge in [-0.1, -0.05) is 18.2 Å². The Morgan fingerprint density at radius 1 is 1.13 bits per heavy atom. The van der Waals surface area contributed by atoms with Crippen LogP contribution in [0.15, 0.2) is 71.0 Å². The summed E-state index contributed by atoms with van der Waals surface area (Å²) in [4.78, 5) is 17.0. The van der Waals surface area contributed by atoms with E-state index in [4.69, 9.17) is 4.74 Å². The lowest BCUT2D eigenvalue weighted by molar-refractivity contribution is -0.0512. The van der Waals surface area contributed by atoms with Crippen molar-refractivity contribution in [3.05, 3.63) is 77.0 Å². The van der Waals surface area contributed by atoms with Crippen LogP contribution >= 0.6 is 0 Å². The Bertz CT molecular complexity index is 1270. The fourth-order valence-electron chi connectivity index (χ4n) is 2.83. The largest absolute Gasteiger partial charge is 0.493 e. The molecular formula is C20H15F2N5O3. The van der Waals surface area contributed by atoms with Crippen LogP contribution in [0.3, 0.4) is 0 Å². The zero-order valence-corrected chi connectivity index (χ0v) is 15.6. The summed E-state index contributed by atoms with van der Waals surface area (Å²) in [5.74, 6) is 0.0162. The van der Waals surface area contributed by atoms with E-state index in [2.05, 4.69) is 19.9 Å². The number of hydrogen-bond acceptors (Lipinski definition) is 6. The Labute approximate surface area is 168 Å². The van der Waals surface area contributed by atoms with E-state index in [1.54, 1.807) is 4.68 Å². The molecular weight excluding hydrogens is 396 g/mol. The normalized spacial score (nSPS) is 11.5. The maximum atomic E-state index is 12.7. The molecule has 0 aliphatic rings. The van der Waals surface area contributed by atoms with Crippen molar-refractivity contribution in [2.75, 3.05) is 7.11 Å². The van der Waals surface area contributed by atoms with Gasteiger partial charge in [0.25, 0.3) is 5.56 Å². The van der Waals surface area contributed by atoms with Crippen LogP contribution in [0.1, 0.15) is 5.56 Å². The van der Waals surface area contributed by atoms with Crippen molar-refractivity contribution in [2.45, 2.75) is 6.61 Å². The molecule has 152 valence electrons. The monoisotopic (exact) mass is 411 g/mol. The minimum Gasteiger partial charge on any atom is -0.493 e. The van der Waals surface area contributed by atoms with Crippen LogP contribution in [0.25, 0.3) is 16.7 Å². The molecule has 0 aliphatic carbocycles. The molecule has 0 aliphatic heterocycles. The summed E-state index contributed by atoms with van der Waals surface area (Å²) in [7, 11) is 1.33. The lowest BCUT2D eigenvalue weighted by atomic mass is 10.2. The molecule has 0 spiro atoms. The summed E-state index contributed by atoms with van der Waals surface area (Å²) in [6.45, 7) is -2.97. The highest BCUT2D eigenvalue weighted by Crippen LogP contribution is 2.28. The minimum absolute atomic E-state index is 0.0989. The molecule has 0 unspecified atom stereocenters. The number of fused-ring (bicyclic) bond motifs is 1. The van der Waals surface area contributed by atoms with Crippen molar-refractivity contribution in [3.8, 4) is 17.2 Å². The lowest BCUT2D eigenvalue weighted by Crippen LogP contribution is -2.17. The first-order chi connectivity index (χ1) is 14.6. The SMILES string of the molecule is COc1cc(/C=N\n2cnc3c(cnn3-c3ccccc3)c2=O)ccc1OC(F)F. The van der Waals surface area contributed by atoms with Crippen LogP contribution in [0.2, 0.25) is 0 Å². The zero-order valence-electron chi connectivity index (χ0n) is 15.6. The minimum atomic E-state index is -2.97. The van der Waals surface area contributed by atoms with Crippen LogP contribution in [-0.2, 0) is 0 Å². The molecule has 10 heteroatoms. The summed E-state index contributed by atoms with van der Waals surface area (Å²) >= 11 is 0. The maximum absolute atomic E-state index is 12.7. The standard InChI is InChI=1S/C20H15F2N5O3/c1-29-17-9-13(7-8-16(17)30-20(21)22)10-24-26-12-23-18-15(19(26)28)11-25-27(18)14-5-3-2-4-6-14/h2-12,20H,1H3/b24-10-. The molecule has 0 saturated heterocycles. The van der Waals surface area contributed by atoms with Crippen LogP contribution in [0.4, 0.5) is 8.78 Å². The van der Waals surface area contributed by atoms with Crippen LogP contribution in [0.5, 0.6) is 11.5 Å². The van der Waals surface area contributed by atoms with E-state index < -0.39 is 12.2 Å².